The predicted octanol–water partition coefficient (Wildman–Crippen LogP) is 4.89. The first-order valence-corrected chi connectivity index (χ1v) is 8.45. The Labute approximate surface area is 166 Å². The van der Waals surface area contributed by atoms with Gasteiger partial charge in [-0.1, -0.05) is 70.1 Å². The molecule has 10 heteroatoms. The Morgan fingerprint density at radius 3 is 1.76 bits per heavy atom. The zero-order valence-electron chi connectivity index (χ0n) is 11.9. The average Bonchev–Trinajstić information content (AvgIpc) is 2.83. The van der Waals surface area contributed by atoms with Gasteiger partial charge in [0.1, 0.15) is 0 Å². The van der Waals surface area contributed by atoms with Crippen LogP contribution in [0.1, 0.15) is 31.1 Å². The number of hydrogen-bond donors (Lipinski definition) is 1. The average molecular weight is 438 g/mol. The van der Waals surface area contributed by atoms with Gasteiger partial charge in [-0.15, -0.1) is 0 Å². The number of carbonyl (C=O) groups excluding carboxylic acids is 3. The van der Waals surface area contributed by atoms with Crippen molar-refractivity contribution in [3.63, 3.8) is 0 Å². The molecular weight excluding hydrogens is 433 g/mol. The predicted molar refractivity (Wildman–Crippen MR) is 95.9 cm³/mol. The third-order valence-electron chi connectivity index (χ3n) is 3.43. The van der Waals surface area contributed by atoms with E-state index in [-0.39, 0.29) is 41.8 Å². The quantitative estimate of drug-likeness (QED) is 0.412. The van der Waals surface area contributed by atoms with Crippen LogP contribution in [0.2, 0.25) is 25.1 Å². The van der Waals surface area contributed by atoms with E-state index < -0.39 is 17.7 Å². The maximum Gasteiger partial charge on any atom is 0.282 e. The van der Waals surface area contributed by atoms with Crippen LogP contribution in [0.15, 0.2) is 24.3 Å². The van der Waals surface area contributed by atoms with Gasteiger partial charge < -0.3 is 0 Å². The Balaban J connectivity index is 2.01. The van der Waals surface area contributed by atoms with Gasteiger partial charge in [-0.3, -0.25) is 19.8 Å². The fourth-order valence-corrected chi connectivity index (χ4v) is 3.49. The van der Waals surface area contributed by atoms with Gasteiger partial charge in [-0.05, 0) is 12.1 Å². The van der Waals surface area contributed by atoms with Crippen molar-refractivity contribution in [3.05, 3.63) is 66.1 Å². The molecule has 1 aliphatic rings. The zero-order valence-corrected chi connectivity index (χ0v) is 15.7. The van der Waals surface area contributed by atoms with Crippen LogP contribution >= 0.6 is 58.0 Å². The summed E-state index contributed by atoms with van der Waals surface area (Å²) < 4.78 is 0. The van der Waals surface area contributed by atoms with Crippen molar-refractivity contribution < 1.29 is 14.4 Å². The molecule has 0 radical (unpaired) electrons. The lowest BCUT2D eigenvalue weighted by atomic mass is 10.1. The van der Waals surface area contributed by atoms with Gasteiger partial charge in [0, 0.05) is 0 Å². The second kappa shape index (κ2) is 6.67. The van der Waals surface area contributed by atoms with Crippen LogP contribution < -0.4 is 5.43 Å². The van der Waals surface area contributed by atoms with E-state index in [1.807, 2.05) is 0 Å². The van der Waals surface area contributed by atoms with Gasteiger partial charge in [0.05, 0.1) is 41.8 Å². The number of carbonyl (C=O) groups is 3. The highest BCUT2D eigenvalue weighted by Crippen LogP contribution is 2.44. The summed E-state index contributed by atoms with van der Waals surface area (Å²) in [7, 11) is 0. The smallest absolute Gasteiger partial charge is 0.267 e. The number of benzene rings is 2. The summed E-state index contributed by atoms with van der Waals surface area (Å²) in [5.41, 5.74) is 1.80. The second-order valence-corrected chi connectivity index (χ2v) is 6.79. The number of imide groups is 1. The highest BCUT2D eigenvalue weighted by Gasteiger charge is 2.42. The Morgan fingerprint density at radius 1 is 0.800 bits per heavy atom. The lowest BCUT2D eigenvalue weighted by Gasteiger charge is -2.15. The normalized spacial score (nSPS) is 13.2. The van der Waals surface area contributed by atoms with E-state index >= 15 is 0 Å². The molecule has 0 aromatic heterocycles. The number of rotatable bonds is 2. The van der Waals surface area contributed by atoms with E-state index in [2.05, 4.69) is 5.43 Å². The number of fused-ring (bicyclic) bond motifs is 1. The van der Waals surface area contributed by atoms with E-state index in [9.17, 15) is 14.4 Å². The highest BCUT2D eigenvalue weighted by atomic mass is 35.5. The second-order valence-electron chi connectivity index (χ2n) is 4.87. The zero-order chi connectivity index (χ0) is 18.5. The third-order valence-corrected chi connectivity index (χ3v) is 5.56. The van der Waals surface area contributed by atoms with E-state index in [4.69, 9.17) is 58.0 Å². The van der Waals surface area contributed by atoms with E-state index in [0.29, 0.717) is 5.01 Å². The van der Waals surface area contributed by atoms with Crippen LogP contribution in [0.3, 0.4) is 0 Å². The minimum atomic E-state index is -0.883. The van der Waals surface area contributed by atoms with Crippen molar-refractivity contribution >= 4 is 75.7 Å². The molecule has 5 nitrogen and oxygen atoms in total. The van der Waals surface area contributed by atoms with Crippen molar-refractivity contribution in [2.24, 2.45) is 0 Å². The largest absolute Gasteiger partial charge is 0.282 e. The van der Waals surface area contributed by atoms with Crippen molar-refractivity contribution in [1.29, 1.82) is 0 Å². The number of halogens is 5. The summed E-state index contributed by atoms with van der Waals surface area (Å²) >= 11 is 29.8. The molecule has 0 bridgehead atoms. The summed E-state index contributed by atoms with van der Waals surface area (Å²) in [6, 6.07) is 6.14. The van der Waals surface area contributed by atoms with Crippen molar-refractivity contribution in [3.8, 4) is 0 Å². The summed E-state index contributed by atoms with van der Waals surface area (Å²) in [6.07, 6.45) is 0. The number of hydrazine groups is 1. The maximum absolute atomic E-state index is 12.5. The van der Waals surface area contributed by atoms with Gasteiger partial charge in [0.2, 0.25) is 0 Å². The molecule has 0 atom stereocenters. The molecule has 0 unspecified atom stereocenters. The number of hydrogen-bond acceptors (Lipinski definition) is 3. The Kier molecular flexibility index (Phi) is 4.88. The minimum Gasteiger partial charge on any atom is -0.267 e. The molecule has 2 aromatic rings. The van der Waals surface area contributed by atoms with Crippen molar-refractivity contribution in [1.82, 2.24) is 10.4 Å². The summed E-state index contributed by atoms with van der Waals surface area (Å²) in [6.45, 7) is 0. The molecule has 0 fully saturated rings. The fourth-order valence-electron chi connectivity index (χ4n) is 2.26. The van der Waals surface area contributed by atoms with Crippen molar-refractivity contribution in [2.45, 2.75) is 0 Å². The monoisotopic (exact) mass is 436 g/mol. The summed E-state index contributed by atoms with van der Waals surface area (Å²) in [4.78, 5) is 37.3. The van der Waals surface area contributed by atoms with Gasteiger partial charge >= 0.3 is 0 Å². The topological polar surface area (TPSA) is 66.5 Å². The Morgan fingerprint density at radius 2 is 1.28 bits per heavy atom. The summed E-state index contributed by atoms with van der Waals surface area (Å²) in [5, 5.41) is -0.127. The van der Waals surface area contributed by atoms with Gasteiger partial charge in [0.25, 0.3) is 17.7 Å². The first-order valence-electron chi connectivity index (χ1n) is 6.56. The molecule has 3 amide bonds. The van der Waals surface area contributed by atoms with Crippen LogP contribution in [-0.2, 0) is 0 Å². The standard InChI is InChI=1S/C15H5Cl5N2O3/c16-6-4-2-1-3-5(6)13(23)21-22-14(24)7-8(15(22)25)10(18)12(20)11(19)9(7)17/h1-4H,(H,21,23). The van der Waals surface area contributed by atoms with Crippen LogP contribution in [-0.4, -0.2) is 22.7 Å². The van der Waals surface area contributed by atoms with Gasteiger partial charge in [-0.25, -0.2) is 0 Å². The molecule has 0 spiro atoms. The molecule has 128 valence electrons. The van der Waals surface area contributed by atoms with Crippen LogP contribution in [0.4, 0.5) is 0 Å². The van der Waals surface area contributed by atoms with E-state index in [1.165, 1.54) is 12.1 Å². The van der Waals surface area contributed by atoms with E-state index in [0.717, 1.165) is 0 Å². The lowest BCUT2D eigenvalue weighted by Crippen LogP contribution is -2.46. The molecule has 1 N–H and O–H groups in total. The molecule has 1 heterocycles. The molecule has 3 rings (SSSR count). The van der Waals surface area contributed by atoms with Gasteiger partial charge in [-0.2, -0.15) is 5.01 Å². The van der Waals surface area contributed by atoms with Gasteiger partial charge in [0.15, 0.2) is 0 Å². The molecule has 25 heavy (non-hydrogen) atoms. The third kappa shape index (κ3) is 2.86. The number of nitrogens with zero attached hydrogens (tertiary/aromatic N) is 1. The molecule has 2 aromatic carbocycles. The molecular formula is C15H5Cl5N2O3. The Bertz CT molecular complexity index is 914. The fraction of sp³-hybridized carbons (Fsp3) is 0. The van der Waals surface area contributed by atoms with Crippen LogP contribution in [0.5, 0.6) is 0 Å². The highest BCUT2D eigenvalue weighted by molar-refractivity contribution is 6.55. The molecule has 0 saturated carbocycles. The SMILES string of the molecule is O=C(NN1C(=O)c2c(Cl)c(Cl)c(Cl)c(Cl)c2C1=O)c1ccccc1Cl. The molecule has 0 aliphatic carbocycles. The van der Waals surface area contributed by atoms with Crippen LogP contribution in [0.25, 0.3) is 0 Å². The van der Waals surface area contributed by atoms with E-state index in [1.54, 1.807) is 12.1 Å². The lowest BCUT2D eigenvalue weighted by molar-refractivity contribution is 0.0518. The summed E-state index contributed by atoms with van der Waals surface area (Å²) in [5.74, 6) is -2.53. The first kappa shape index (κ1) is 18.3. The maximum atomic E-state index is 12.5. The molecule has 0 saturated heterocycles. The number of amides is 3. The first-order chi connectivity index (χ1) is 11.8. The minimum absolute atomic E-state index is 0.0778. The Hall–Kier alpha value is -1.50. The number of nitrogens with one attached hydrogen (secondary N) is 1. The van der Waals surface area contributed by atoms with Crippen LogP contribution in [0, 0.1) is 0 Å². The van der Waals surface area contributed by atoms with Crippen molar-refractivity contribution in [2.75, 3.05) is 0 Å². The molecule has 1 aliphatic heterocycles.